The quantitative estimate of drug-likeness (QED) is 0.851. The average molecular weight is 357 g/mol. The standard InChI is InChI=1S/C11H15BrClNO3S/c1-7(2)10(6-15)14-18(16,17)11-4-3-8(12)5-9(11)13/h3-5,7,10,14-15H,6H2,1-2H3/t10-/m1/s1. The smallest absolute Gasteiger partial charge is 0.242 e. The van der Waals surface area contributed by atoms with Crippen LogP contribution in [0.4, 0.5) is 0 Å². The Balaban J connectivity index is 3.06. The molecule has 1 atom stereocenters. The van der Waals surface area contributed by atoms with Crippen LogP contribution in [0.15, 0.2) is 27.6 Å². The van der Waals surface area contributed by atoms with E-state index in [1.165, 1.54) is 12.1 Å². The van der Waals surface area contributed by atoms with Crippen molar-refractivity contribution in [3.8, 4) is 0 Å². The summed E-state index contributed by atoms with van der Waals surface area (Å²) in [5.74, 6) is -0.0148. The van der Waals surface area contributed by atoms with E-state index in [0.717, 1.165) is 0 Å². The van der Waals surface area contributed by atoms with Crippen molar-refractivity contribution in [3.05, 3.63) is 27.7 Å². The molecule has 102 valence electrons. The van der Waals surface area contributed by atoms with Crippen molar-refractivity contribution >= 4 is 37.6 Å². The van der Waals surface area contributed by atoms with E-state index in [2.05, 4.69) is 20.7 Å². The second-order valence-electron chi connectivity index (χ2n) is 4.23. The highest BCUT2D eigenvalue weighted by Crippen LogP contribution is 2.25. The fraction of sp³-hybridized carbons (Fsp3) is 0.455. The molecular weight excluding hydrogens is 342 g/mol. The molecule has 1 aromatic carbocycles. The summed E-state index contributed by atoms with van der Waals surface area (Å²) in [4.78, 5) is 0.00599. The molecule has 0 radical (unpaired) electrons. The van der Waals surface area contributed by atoms with Crippen LogP contribution in [-0.4, -0.2) is 26.2 Å². The van der Waals surface area contributed by atoms with Crippen LogP contribution >= 0.6 is 27.5 Å². The third-order valence-electron chi connectivity index (χ3n) is 2.49. The van der Waals surface area contributed by atoms with Crippen molar-refractivity contribution in [2.45, 2.75) is 24.8 Å². The van der Waals surface area contributed by atoms with E-state index >= 15 is 0 Å². The summed E-state index contributed by atoms with van der Waals surface area (Å²) in [7, 11) is -3.73. The fourth-order valence-corrected chi connectivity index (χ4v) is 3.75. The molecule has 2 N–H and O–H groups in total. The zero-order valence-corrected chi connectivity index (χ0v) is 13.2. The maximum absolute atomic E-state index is 12.1. The van der Waals surface area contributed by atoms with Gasteiger partial charge in [-0.1, -0.05) is 41.4 Å². The normalized spacial score (nSPS) is 13.9. The van der Waals surface area contributed by atoms with Crippen LogP contribution in [0.5, 0.6) is 0 Å². The Bertz CT molecular complexity index is 519. The Labute approximate surface area is 121 Å². The fourth-order valence-electron chi connectivity index (χ4n) is 1.34. The van der Waals surface area contributed by atoms with E-state index in [-0.39, 0.29) is 22.4 Å². The maximum atomic E-state index is 12.1. The van der Waals surface area contributed by atoms with Crippen LogP contribution in [-0.2, 0) is 10.0 Å². The van der Waals surface area contributed by atoms with E-state index in [4.69, 9.17) is 16.7 Å². The maximum Gasteiger partial charge on any atom is 0.242 e. The molecule has 0 saturated heterocycles. The topological polar surface area (TPSA) is 66.4 Å². The Kier molecular flexibility index (Phi) is 5.61. The summed E-state index contributed by atoms with van der Waals surface area (Å²) in [6.07, 6.45) is 0. The molecule has 18 heavy (non-hydrogen) atoms. The molecule has 7 heteroatoms. The first-order valence-corrected chi connectivity index (χ1v) is 8.01. The van der Waals surface area contributed by atoms with Crippen LogP contribution in [0.25, 0.3) is 0 Å². The molecule has 0 saturated carbocycles. The van der Waals surface area contributed by atoms with Gasteiger partial charge in [0.2, 0.25) is 10.0 Å². The number of nitrogens with one attached hydrogen (secondary N) is 1. The van der Waals surface area contributed by atoms with Crippen molar-refractivity contribution in [2.75, 3.05) is 6.61 Å². The predicted octanol–water partition coefficient (Wildman–Crippen LogP) is 2.40. The summed E-state index contributed by atoms with van der Waals surface area (Å²) in [5, 5.41) is 9.29. The van der Waals surface area contributed by atoms with E-state index in [1.54, 1.807) is 6.07 Å². The van der Waals surface area contributed by atoms with Gasteiger partial charge in [-0.3, -0.25) is 0 Å². The van der Waals surface area contributed by atoms with E-state index < -0.39 is 16.1 Å². The summed E-state index contributed by atoms with van der Waals surface area (Å²) in [5.41, 5.74) is 0. The van der Waals surface area contributed by atoms with Gasteiger partial charge in [-0.15, -0.1) is 0 Å². The van der Waals surface area contributed by atoms with Gasteiger partial charge in [-0.2, -0.15) is 0 Å². The van der Waals surface area contributed by atoms with Gasteiger partial charge in [0.1, 0.15) is 4.90 Å². The summed E-state index contributed by atoms with van der Waals surface area (Å²) in [6, 6.07) is 4.00. The zero-order valence-electron chi connectivity index (χ0n) is 10.0. The minimum absolute atomic E-state index is 0.00599. The number of aliphatic hydroxyl groups excluding tert-OH is 1. The average Bonchev–Trinajstić information content (AvgIpc) is 2.24. The summed E-state index contributed by atoms with van der Waals surface area (Å²) < 4.78 is 27.4. The number of rotatable bonds is 5. The van der Waals surface area contributed by atoms with Crippen LogP contribution < -0.4 is 4.72 Å². The van der Waals surface area contributed by atoms with Gasteiger partial charge >= 0.3 is 0 Å². The molecule has 4 nitrogen and oxygen atoms in total. The molecule has 1 rings (SSSR count). The molecule has 0 amide bonds. The first-order chi connectivity index (χ1) is 8.27. The molecule has 0 bridgehead atoms. The van der Waals surface area contributed by atoms with Crippen molar-refractivity contribution < 1.29 is 13.5 Å². The van der Waals surface area contributed by atoms with Gasteiger partial charge in [0.05, 0.1) is 11.6 Å². The Morgan fingerprint density at radius 3 is 2.50 bits per heavy atom. The lowest BCUT2D eigenvalue weighted by atomic mass is 10.1. The number of halogens is 2. The largest absolute Gasteiger partial charge is 0.395 e. The Hall–Kier alpha value is -0.140. The van der Waals surface area contributed by atoms with Crippen LogP contribution in [0.1, 0.15) is 13.8 Å². The third kappa shape index (κ3) is 3.93. The number of benzene rings is 1. The number of hydrogen-bond acceptors (Lipinski definition) is 3. The second-order valence-corrected chi connectivity index (χ2v) is 7.23. The molecule has 0 aliphatic carbocycles. The lowest BCUT2D eigenvalue weighted by Crippen LogP contribution is -2.41. The van der Waals surface area contributed by atoms with Gasteiger partial charge < -0.3 is 5.11 Å². The predicted molar refractivity (Wildman–Crippen MR) is 75.2 cm³/mol. The Morgan fingerprint density at radius 2 is 2.06 bits per heavy atom. The minimum atomic E-state index is -3.73. The lowest BCUT2D eigenvalue weighted by Gasteiger charge is -2.20. The van der Waals surface area contributed by atoms with Gasteiger partial charge in [0, 0.05) is 10.5 Å². The van der Waals surface area contributed by atoms with Gasteiger partial charge in [0.25, 0.3) is 0 Å². The highest BCUT2D eigenvalue weighted by atomic mass is 79.9. The molecule has 0 unspecified atom stereocenters. The van der Waals surface area contributed by atoms with Crippen LogP contribution in [0.2, 0.25) is 5.02 Å². The van der Waals surface area contributed by atoms with E-state index in [1.807, 2.05) is 13.8 Å². The second kappa shape index (κ2) is 6.34. The highest BCUT2D eigenvalue weighted by molar-refractivity contribution is 9.10. The number of hydrogen-bond donors (Lipinski definition) is 2. The number of aliphatic hydroxyl groups is 1. The lowest BCUT2D eigenvalue weighted by molar-refractivity contribution is 0.227. The summed E-state index contributed by atoms with van der Waals surface area (Å²) >= 11 is 9.12. The molecule has 0 aliphatic rings. The van der Waals surface area contributed by atoms with Crippen molar-refractivity contribution in [1.29, 1.82) is 0 Å². The summed E-state index contributed by atoms with van der Waals surface area (Å²) in [6.45, 7) is 3.39. The molecule has 0 aliphatic heterocycles. The van der Waals surface area contributed by atoms with Gasteiger partial charge in [-0.25, -0.2) is 13.1 Å². The third-order valence-corrected chi connectivity index (χ3v) is 4.96. The minimum Gasteiger partial charge on any atom is -0.395 e. The van der Waals surface area contributed by atoms with Gasteiger partial charge in [0.15, 0.2) is 0 Å². The number of sulfonamides is 1. The first kappa shape index (κ1) is 15.9. The van der Waals surface area contributed by atoms with E-state index in [0.29, 0.717) is 4.47 Å². The van der Waals surface area contributed by atoms with Crippen LogP contribution in [0.3, 0.4) is 0 Å². The molecule has 0 fully saturated rings. The highest BCUT2D eigenvalue weighted by Gasteiger charge is 2.23. The molecular formula is C11H15BrClNO3S. The monoisotopic (exact) mass is 355 g/mol. The zero-order chi connectivity index (χ0) is 13.9. The van der Waals surface area contributed by atoms with E-state index in [9.17, 15) is 8.42 Å². The molecule has 0 aromatic heterocycles. The molecule has 0 heterocycles. The van der Waals surface area contributed by atoms with Crippen LogP contribution in [0, 0.1) is 5.92 Å². The SMILES string of the molecule is CC(C)[C@@H](CO)NS(=O)(=O)c1ccc(Br)cc1Cl. The molecule has 1 aromatic rings. The van der Waals surface area contributed by atoms with Gasteiger partial charge in [-0.05, 0) is 24.1 Å². The Morgan fingerprint density at radius 1 is 1.44 bits per heavy atom. The van der Waals surface area contributed by atoms with Crippen molar-refractivity contribution in [3.63, 3.8) is 0 Å². The first-order valence-electron chi connectivity index (χ1n) is 5.36. The van der Waals surface area contributed by atoms with Crippen molar-refractivity contribution in [1.82, 2.24) is 4.72 Å². The molecule has 0 spiro atoms. The van der Waals surface area contributed by atoms with Crippen molar-refractivity contribution in [2.24, 2.45) is 5.92 Å².